The first kappa shape index (κ1) is 20.1. The van der Waals surface area contributed by atoms with E-state index in [0.717, 1.165) is 5.56 Å². The highest BCUT2D eigenvalue weighted by Crippen LogP contribution is 2.42. The van der Waals surface area contributed by atoms with Crippen LogP contribution in [-0.2, 0) is 0 Å². The number of rotatable bonds is 6. The number of hydrogen-bond acceptors (Lipinski definition) is 2. The molecule has 0 spiro atoms. The normalized spacial score (nSPS) is 14.3. The first-order valence-corrected chi connectivity index (χ1v) is 9.55. The first-order valence-electron chi connectivity index (χ1n) is 9.55. The van der Waals surface area contributed by atoms with E-state index in [1.54, 1.807) is 12.1 Å². The number of benzene rings is 2. The minimum absolute atomic E-state index is 0.184. The number of hydrogen-bond donors (Lipinski definition) is 2. The van der Waals surface area contributed by atoms with Gasteiger partial charge in [0.2, 0.25) is 0 Å². The van der Waals surface area contributed by atoms with Gasteiger partial charge in [-0.2, -0.15) is 0 Å². The zero-order valence-electron chi connectivity index (χ0n) is 16.8. The summed E-state index contributed by atoms with van der Waals surface area (Å²) >= 11 is 0. The van der Waals surface area contributed by atoms with Crippen LogP contribution in [0.15, 0.2) is 42.5 Å². The predicted octanol–water partition coefficient (Wildman–Crippen LogP) is 6.83. The monoisotopic (exact) mass is 352 g/mol. The lowest BCUT2D eigenvalue weighted by atomic mass is 9.74. The third-order valence-electron chi connectivity index (χ3n) is 5.41. The third-order valence-corrected chi connectivity index (χ3v) is 5.41. The van der Waals surface area contributed by atoms with Crippen LogP contribution in [0.1, 0.15) is 58.6 Å². The molecule has 2 nitrogen and oxygen atoms in total. The van der Waals surface area contributed by atoms with Gasteiger partial charge in [0.1, 0.15) is 11.5 Å². The lowest BCUT2D eigenvalue weighted by Gasteiger charge is -2.31. The third kappa shape index (κ3) is 4.30. The van der Waals surface area contributed by atoms with Crippen LogP contribution in [0.4, 0.5) is 0 Å². The number of aromatic hydroxyl groups is 2. The number of allylic oxidation sites excluding steroid dienone is 1. The van der Waals surface area contributed by atoms with Gasteiger partial charge < -0.3 is 10.2 Å². The van der Waals surface area contributed by atoms with Crippen LogP contribution < -0.4 is 0 Å². The Morgan fingerprint density at radius 1 is 0.769 bits per heavy atom. The maximum Gasteiger partial charge on any atom is 0.123 e. The van der Waals surface area contributed by atoms with E-state index in [9.17, 15) is 10.2 Å². The maximum absolute atomic E-state index is 10.5. The van der Waals surface area contributed by atoms with Gasteiger partial charge in [0.25, 0.3) is 0 Å². The van der Waals surface area contributed by atoms with Crippen LogP contribution in [-0.4, -0.2) is 10.2 Å². The molecule has 0 radical (unpaired) electrons. The quantitative estimate of drug-likeness (QED) is 0.598. The van der Waals surface area contributed by atoms with Crippen LogP contribution in [0, 0.1) is 17.8 Å². The summed E-state index contributed by atoms with van der Waals surface area (Å²) in [5.74, 6) is 2.37. The van der Waals surface area contributed by atoms with Gasteiger partial charge in [-0.05, 0) is 66.0 Å². The first-order chi connectivity index (χ1) is 12.3. The van der Waals surface area contributed by atoms with E-state index in [4.69, 9.17) is 0 Å². The van der Waals surface area contributed by atoms with Crippen LogP contribution in [0.3, 0.4) is 0 Å². The highest BCUT2D eigenvalue weighted by molar-refractivity contribution is 5.78. The second-order valence-corrected chi connectivity index (χ2v) is 7.93. The van der Waals surface area contributed by atoms with Crippen LogP contribution >= 0.6 is 0 Å². The highest BCUT2D eigenvalue weighted by atomic mass is 16.3. The molecule has 2 aromatic rings. The SMILES string of the molecule is C/C=C/c1ccc(O)c(-c2cc(C(C(C)C)C(C)C(C)C)ccc2O)c1. The van der Waals surface area contributed by atoms with Gasteiger partial charge in [-0.25, -0.2) is 0 Å². The average Bonchev–Trinajstić information content (AvgIpc) is 2.58. The van der Waals surface area contributed by atoms with E-state index < -0.39 is 0 Å². The molecule has 140 valence electrons. The zero-order valence-corrected chi connectivity index (χ0v) is 16.8. The topological polar surface area (TPSA) is 40.5 Å². The van der Waals surface area contributed by atoms with Gasteiger partial charge >= 0.3 is 0 Å². The van der Waals surface area contributed by atoms with Gasteiger partial charge in [0.15, 0.2) is 0 Å². The second kappa shape index (κ2) is 8.44. The Bertz CT molecular complexity index is 772. The van der Waals surface area contributed by atoms with Gasteiger partial charge in [0, 0.05) is 11.1 Å². The molecule has 0 aliphatic rings. The summed E-state index contributed by atoms with van der Waals surface area (Å²) in [5.41, 5.74) is 3.57. The van der Waals surface area contributed by atoms with E-state index in [2.05, 4.69) is 34.6 Å². The van der Waals surface area contributed by atoms with Crippen molar-refractivity contribution in [2.75, 3.05) is 0 Å². The van der Waals surface area contributed by atoms with Crippen LogP contribution in [0.25, 0.3) is 17.2 Å². The lowest BCUT2D eigenvalue weighted by molar-refractivity contribution is 0.289. The summed E-state index contributed by atoms with van der Waals surface area (Å²) in [5, 5.41) is 20.9. The molecular weight excluding hydrogens is 320 g/mol. The van der Waals surface area contributed by atoms with Crippen molar-refractivity contribution in [2.24, 2.45) is 17.8 Å². The van der Waals surface area contributed by atoms with Crippen molar-refractivity contribution >= 4 is 6.08 Å². The molecule has 0 bridgehead atoms. The molecule has 2 atom stereocenters. The van der Waals surface area contributed by atoms with E-state index in [0.29, 0.717) is 34.8 Å². The molecule has 0 amide bonds. The van der Waals surface area contributed by atoms with Crippen molar-refractivity contribution < 1.29 is 10.2 Å². The molecule has 0 aliphatic heterocycles. The molecule has 2 heteroatoms. The molecular formula is C24H32O2. The fraction of sp³-hybridized carbons (Fsp3) is 0.417. The Balaban J connectivity index is 2.59. The smallest absolute Gasteiger partial charge is 0.123 e. The molecule has 2 aromatic carbocycles. The van der Waals surface area contributed by atoms with E-state index in [-0.39, 0.29) is 11.5 Å². The van der Waals surface area contributed by atoms with Crippen molar-refractivity contribution in [1.82, 2.24) is 0 Å². The molecule has 2 N–H and O–H groups in total. The van der Waals surface area contributed by atoms with Gasteiger partial charge in [-0.3, -0.25) is 0 Å². The fourth-order valence-electron chi connectivity index (χ4n) is 3.75. The molecule has 0 saturated heterocycles. The summed E-state index contributed by atoms with van der Waals surface area (Å²) in [6.07, 6.45) is 3.95. The zero-order chi connectivity index (χ0) is 19.4. The largest absolute Gasteiger partial charge is 0.507 e. The molecule has 0 saturated carbocycles. The van der Waals surface area contributed by atoms with Gasteiger partial charge in [-0.1, -0.05) is 58.9 Å². The van der Waals surface area contributed by atoms with Crippen LogP contribution in [0.2, 0.25) is 0 Å². The van der Waals surface area contributed by atoms with E-state index >= 15 is 0 Å². The minimum Gasteiger partial charge on any atom is -0.507 e. The highest BCUT2D eigenvalue weighted by Gasteiger charge is 2.26. The van der Waals surface area contributed by atoms with Crippen molar-refractivity contribution in [3.63, 3.8) is 0 Å². The number of phenols is 2. The van der Waals surface area contributed by atoms with E-state index in [1.807, 2.05) is 43.3 Å². The molecule has 2 unspecified atom stereocenters. The van der Waals surface area contributed by atoms with Crippen molar-refractivity contribution in [3.05, 3.63) is 53.6 Å². The second-order valence-electron chi connectivity index (χ2n) is 7.93. The molecule has 0 heterocycles. The lowest BCUT2D eigenvalue weighted by Crippen LogP contribution is -2.20. The molecule has 26 heavy (non-hydrogen) atoms. The summed E-state index contributed by atoms with van der Waals surface area (Å²) < 4.78 is 0. The Morgan fingerprint density at radius 3 is 1.88 bits per heavy atom. The molecule has 0 fully saturated rings. The van der Waals surface area contributed by atoms with Gasteiger partial charge in [-0.15, -0.1) is 0 Å². The molecule has 0 aromatic heterocycles. The van der Waals surface area contributed by atoms with E-state index in [1.165, 1.54) is 5.56 Å². The summed E-state index contributed by atoms with van der Waals surface area (Å²) in [6, 6.07) is 11.3. The molecule has 0 aliphatic carbocycles. The Kier molecular flexibility index (Phi) is 6.52. The van der Waals surface area contributed by atoms with Crippen LogP contribution in [0.5, 0.6) is 11.5 Å². The summed E-state index contributed by atoms with van der Waals surface area (Å²) in [4.78, 5) is 0. The standard InChI is InChI=1S/C24H32O2/c1-7-8-18-9-11-22(25)20(13-18)21-14-19(10-12-23(21)26)24(16(4)5)17(6)15(2)3/h7-17,24-26H,1-6H3/b8-7+. The van der Waals surface area contributed by atoms with Gasteiger partial charge in [0.05, 0.1) is 0 Å². The number of phenolic OH excluding ortho intramolecular Hbond substituents is 2. The Hall–Kier alpha value is -2.22. The Morgan fingerprint density at radius 2 is 1.35 bits per heavy atom. The van der Waals surface area contributed by atoms with Crippen molar-refractivity contribution in [2.45, 2.75) is 47.5 Å². The maximum atomic E-state index is 10.5. The predicted molar refractivity (Wildman–Crippen MR) is 111 cm³/mol. The summed E-state index contributed by atoms with van der Waals surface area (Å²) in [6.45, 7) is 13.3. The Labute approximate surface area is 158 Å². The average molecular weight is 353 g/mol. The van der Waals surface area contributed by atoms with Crippen molar-refractivity contribution in [3.8, 4) is 22.6 Å². The van der Waals surface area contributed by atoms with Crippen molar-refractivity contribution in [1.29, 1.82) is 0 Å². The minimum atomic E-state index is 0.184. The fourth-order valence-corrected chi connectivity index (χ4v) is 3.75. The summed E-state index contributed by atoms with van der Waals surface area (Å²) in [7, 11) is 0. The molecule has 2 rings (SSSR count).